The number of aromatic nitrogens is 5. The van der Waals surface area contributed by atoms with Crippen LogP contribution < -0.4 is 10.3 Å². The van der Waals surface area contributed by atoms with Crippen LogP contribution in [0.5, 0.6) is 5.75 Å². The van der Waals surface area contributed by atoms with E-state index in [9.17, 15) is 4.79 Å². The molecule has 176 valence electrons. The predicted molar refractivity (Wildman–Crippen MR) is 137 cm³/mol. The van der Waals surface area contributed by atoms with E-state index in [4.69, 9.17) is 22.9 Å². The van der Waals surface area contributed by atoms with Gasteiger partial charge >= 0.3 is 0 Å². The number of hydrogen-bond acceptors (Lipinski definition) is 5. The van der Waals surface area contributed by atoms with E-state index in [0.29, 0.717) is 44.4 Å². The van der Waals surface area contributed by atoms with Crippen LogP contribution >= 0.6 is 11.6 Å². The molecule has 3 aromatic heterocycles. The largest absolute Gasteiger partial charge is 0.487 e. The van der Waals surface area contributed by atoms with E-state index in [-0.39, 0.29) is 12.2 Å². The first-order valence-corrected chi connectivity index (χ1v) is 11.3. The molecule has 0 unspecified atom stereocenters. The highest BCUT2D eigenvalue weighted by Gasteiger charge is 2.15. The van der Waals surface area contributed by atoms with Crippen LogP contribution in [-0.4, -0.2) is 24.5 Å². The summed E-state index contributed by atoms with van der Waals surface area (Å²) in [5, 5.41) is 8.18. The Labute approximate surface area is 211 Å². The molecule has 0 bridgehead atoms. The second-order valence-electron chi connectivity index (χ2n) is 7.97. The average molecular weight is 495 g/mol. The lowest BCUT2D eigenvalue weighted by Crippen LogP contribution is -2.20. The highest BCUT2D eigenvalue weighted by Crippen LogP contribution is 2.34. The summed E-state index contributed by atoms with van der Waals surface area (Å²) >= 11 is 6.44. The first-order chi connectivity index (χ1) is 17.5. The second kappa shape index (κ2) is 9.86. The maximum atomic E-state index is 13.7. The van der Waals surface area contributed by atoms with Gasteiger partial charge in [-0.3, -0.25) is 14.3 Å². The molecule has 5 aromatic rings. The highest BCUT2D eigenvalue weighted by molar-refractivity contribution is 6.31. The molecule has 8 nitrogen and oxygen atoms in total. The van der Waals surface area contributed by atoms with Crippen molar-refractivity contribution < 1.29 is 4.74 Å². The van der Waals surface area contributed by atoms with Crippen molar-refractivity contribution in [3.8, 4) is 33.7 Å². The third-order valence-electron chi connectivity index (χ3n) is 5.65. The molecule has 0 amide bonds. The van der Waals surface area contributed by atoms with Crippen molar-refractivity contribution >= 4 is 17.3 Å². The van der Waals surface area contributed by atoms with Gasteiger partial charge in [-0.25, -0.2) is 9.53 Å². The van der Waals surface area contributed by atoms with Crippen molar-refractivity contribution in [1.82, 2.24) is 24.5 Å². The zero-order valence-corrected chi connectivity index (χ0v) is 19.9. The Hall–Kier alpha value is -4.74. The standard InChI is InChI=1S/C27H19ClN6O2/c1-29-26-8-4-3-7-24(26)19-12-25(27(35)34(16-19)21-6-5-9-30-14-21)18-10-20(28)13-23(11-18)36-17-22-15-31-32-33(22)2/h3-16H,17H2,2H3. The van der Waals surface area contributed by atoms with Crippen molar-refractivity contribution in [2.24, 2.45) is 7.05 Å². The van der Waals surface area contributed by atoms with Crippen LogP contribution in [0.2, 0.25) is 5.02 Å². The number of nitrogens with zero attached hydrogens (tertiary/aromatic N) is 6. The lowest BCUT2D eigenvalue weighted by Gasteiger charge is -2.14. The number of benzene rings is 2. The number of halogens is 1. The van der Waals surface area contributed by atoms with E-state index in [1.54, 1.807) is 79.0 Å². The number of para-hydroxylation sites is 1. The third-order valence-corrected chi connectivity index (χ3v) is 5.87. The molecule has 0 radical (unpaired) electrons. The van der Waals surface area contributed by atoms with Gasteiger partial charge in [0.2, 0.25) is 0 Å². The van der Waals surface area contributed by atoms with Gasteiger partial charge in [0, 0.05) is 30.0 Å². The lowest BCUT2D eigenvalue weighted by molar-refractivity contribution is 0.295. The minimum Gasteiger partial charge on any atom is -0.487 e. The average Bonchev–Trinajstić information content (AvgIpc) is 3.32. The van der Waals surface area contributed by atoms with Crippen LogP contribution in [0.1, 0.15) is 5.69 Å². The van der Waals surface area contributed by atoms with Gasteiger partial charge in [-0.1, -0.05) is 41.1 Å². The van der Waals surface area contributed by atoms with Gasteiger partial charge in [-0.2, -0.15) is 0 Å². The summed E-state index contributed by atoms with van der Waals surface area (Å²) in [6.45, 7) is 7.83. The molecule has 2 aromatic carbocycles. The maximum absolute atomic E-state index is 13.7. The lowest BCUT2D eigenvalue weighted by atomic mass is 10.00. The summed E-state index contributed by atoms with van der Waals surface area (Å²) < 4.78 is 9.09. The topological polar surface area (TPSA) is 79.2 Å². The number of rotatable bonds is 6. The number of pyridine rings is 2. The normalized spacial score (nSPS) is 10.7. The molecular formula is C27H19ClN6O2. The summed E-state index contributed by atoms with van der Waals surface area (Å²) in [4.78, 5) is 21.5. The molecule has 0 saturated heterocycles. The van der Waals surface area contributed by atoms with Gasteiger partial charge in [0.1, 0.15) is 12.4 Å². The highest BCUT2D eigenvalue weighted by atomic mass is 35.5. The fourth-order valence-corrected chi connectivity index (χ4v) is 4.06. The Morgan fingerprint density at radius 1 is 1.03 bits per heavy atom. The van der Waals surface area contributed by atoms with Crippen molar-refractivity contribution in [2.75, 3.05) is 0 Å². The summed E-state index contributed by atoms with van der Waals surface area (Å²) in [6, 6.07) is 17.8. The Morgan fingerprint density at radius 3 is 2.64 bits per heavy atom. The second-order valence-corrected chi connectivity index (χ2v) is 8.41. The van der Waals surface area contributed by atoms with Crippen molar-refractivity contribution in [3.63, 3.8) is 0 Å². The van der Waals surface area contributed by atoms with Gasteiger partial charge in [-0.15, -0.1) is 5.10 Å². The fourth-order valence-electron chi connectivity index (χ4n) is 3.84. The fraction of sp³-hybridized carbons (Fsp3) is 0.0741. The van der Waals surface area contributed by atoms with Gasteiger partial charge in [0.25, 0.3) is 5.56 Å². The van der Waals surface area contributed by atoms with Crippen LogP contribution in [0.3, 0.4) is 0 Å². The van der Waals surface area contributed by atoms with Crippen LogP contribution in [0.15, 0.2) is 90.2 Å². The van der Waals surface area contributed by atoms with E-state index < -0.39 is 0 Å². The van der Waals surface area contributed by atoms with Crippen LogP contribution in [0.25, 0.3) is 32.8 Å². The molecule has 0 saturated carbocycles. The summed E-state index contributed by atoms with van der Waals surface area (Å²) in [7, 11) is 1.78. The predicted octanol–water partition coefficient (Wildman–Crippen LogP) is 5.48. The van der Waals surface area contributed by atoms with Crippen molar-refractivity contribution in [3.05, 3.63) is 118 Å². The Morgan fingerprint density at radius 2 is 1.89 bits per heavy atom. The zero-order chi connectivity index (χ0) is 25.1. The SMILES string of the molecule is [C-]#[N+]c1ccccc1-c1cc(-c2cc(Cl)cc(OCc3cnnn3C)c2)c(=O)n(-c2cccnc2)c1. The minimum absolute atomic E-state index is 0.238. The minimum atomic E-state index is -0.254. The van der Waals surface area contributed by atoms with Crippen LogP contribution in [-0.2, 0) is 13.7 Å². The van der Waals surface area contributed by atoms with E-state index in [1.165, 1.54) is 4.57 Å². The van der Waals surface area contributed by atoms with Gasteiger partial charge in [0.15, 0.2) is 5.69 Å². The Bertz CT molecular complexity index is 1650. The summed E-state index contributed by atoms with van der Waals surface area (Å²) in [5.74, 6) is 0.498. The molecule has 9 heteroatoms. The molecule has 0 aliphatic heterocycles. The third kappa shape index (κ3) is 4.60. The monoisotopic (exact) mass is 494 g/mol. The molecule has 0 spiro atoms. The van der Waals surface area contributed by atoms with E-state index in [2.05, 4.69) is 20.1 Å². The number of aryl methyl sites for hydroxylation is 1. The molecule has 36 heavy (non-hydrogen) atoms. The molecule has 0 atom stereocenters. The van der Waals surface area contributed by atoms with Crippen LogP contribution in [0, 0.1) is 6.57 Å². The summed E-state index contributed by atoms with van der Waals surface area (Å²) in [5.41, 5.74) is 4.05. The molecule has 0 N–H and O–H groups in total. The Kier molecular flexibility index (Phi) is 6.31. The van der Waals surface area contributed by atoms with Crippen molar-refractivity contribution in [1.29, 1.82) is 0 Å². The van der Waals surface area contributed by atoms with E-state index in [1.807, 2.05) is 18.2 Å². The van der Waals surface area contributed by atoms with Gasteiger partial charge in [-0.05, 0) is 53.1 Å². The van der Waals surface area contributed by atoms with Crippen LogP contribution in [0.4, 0.5) is 5.69 Å². The molecule has 0 fully saturated rings. The molecule has 0 aliphatic rings. The Balaban J connectivity index is 1.66. The first-order valence-electron chi connectivity index (χ1n) is 10.9. The first kappa shape index (κ1) is 23.0. The maximum Gasteiger partial charge on any atom is 0.263 e. The quantitative estimate of drug-likeness (QED) is 0.292. The number of ether oxygens (including phenoxy) is 1. The molecular weight excluding hydrogens is 476 g/mol. The molecule has 5 rings (SSSR count). The van der Waals surface area contributed by atoms with E-state index in [0.717, 1.165) is 5.69 Å². The van der Waals surface area contributed by atoms with Gasteiger partial charge < -0.3 is 4.74 Å². The van der Waals surface area contributed by atoms with Crippen molar-refractivity contribution in [2.45, 2.75) is 6.61 Å². The number of hydrogen-bond donors (Lipinski definition) is 0. The van der Waals surface area contributed by atoms with E-state index >= 15 is 0 Å². The summed E-state index contributed by atoms with van der Waals surface area (Å²) in [6.07, 6.45) is 6.61. The molecule has 0 aliphatic carbocycles. The zero-order valence-electron chi connectivity index (χ0n) is 19.2. The van der Waals surface area contributed by atoms with Gasteiger partial charge in [0.05, 0.1) is 30.3 Å². The molecule has 3 heterocycles. The smallest absolute Gasteiger partial charge is 0.263 e.